The largest absolute Gasteiger partial charge is 0.296 e. The van der Waals surface area contributed by atoms with E-state index in [9.17, 15) is 0 Å². The van der Waals surface area contributed by atoms with Gasteiger partial charge in [-0.25, -0.2) is 0 Å². The van der Waals surface area contributed by atoms with Gasteiger partial charge in [-0.3, -0.25) is 4.90 Å². The first-order chi connectivity index (χ1) is 6.25. The van der Waals surface area contributed by atoms with Gasteiger partial charge in [-0.2, -0.15) is 5.26 Å². The van der Waals surface area contributed by atoms with Gasteiger partial charge in [-0.15, -0.1) is 0 Å². The number of nitriles is 1. The van der Waals surface area contributed by atoms with E-state index in [1.165, 1.54) is 0 Å². The molecule has 72 valence electrons. The summed E-state index contributed by atoms with van der Waals surface area (Å²) in [6.45, 7) is 5.51. The first-order valence-electron chi connectivity index (χ1n) is 5.03. The highest BCUT2D eigenvalue weighted by Gasteiger charge is 2.20. The minimum atomic E-state index is 0.434. The van der Waals surface area contributed by atoms with E-state index in [1.807, 2.05) is 0 Å². The van der Waals surface area contributed by atoms with Crippen molar-refractivity contribution in [3.63, 3.8) is 0 Å². The van der Waals surface area contributed by atoms with Crippen molar-refractivity contribution in [3.8, 4) is 6.07 Å². The fraction of sp³-hybridized carbons (Fsp3) is 0.727. The second kappa shape index (κ2) is 5.04. The minimum Gasteiger partial charge on any atom is -0.296 e. The quantitative estimate of drug-likeness (QED) is 0.607. The van der Waals surface area contributed by atoms with Crippen molar-refractivity contribution in [1.82, 2.24) is 4.90 Å². The van der Waals surface area contributed by atoms with Gasteiger partial charge in [0.25, 0.3) is 0 Å². The van der Waals surface area contributed by atoms with Crippen LogP contribution in [-0.2, 0) is 0 Å². The molecule has 1 aliphatic rings. The van der Waals surface area contributed by atoms with Crippen LogP contribution in [0.3, 0.4) is 0 Å². The highest BCUT2D eigenvalue weighted by Crippen LogP contribution is 2.16. The lowest BCUT2D eigenvalue weighted by Gasteiger charge is -2.31. The van der Waals surface area contributed by atoms with Crippen molar-refractivity contribution < 1.29 is 0 Å². The van der Waals surface area contributed by atoms with E-state index in [1.54, 1.807) is 0 Å². The van der Waals surface area contributed by atoms with Gasteiger partial charge in [0.1, 0.15) is 0 Å². The molecule has 0 N–H and O–H groups in total. The van der Waals surface area contributed by atoms with Crippen molar-refractivity contribution in [2.24, 2.45) is 0 Å². The Balaban J connectivity index is 2.61. The third-order valence-corrected chi connectivity index (χ3v) is 2.59. The number of nitrogens with zero attached hydrogens (tertiary/aromatic N) is 2. The fourth-order valence-electron chi connectivity index (χ4n) is 1.90. The molecule has 1 atom stereocenters. The number of hydrogen-bond donors (Lipinski definition) is 0. The Morgan fingerprint density at radius 3 is 2.92 bits per heavy atom. The van der Waals surface area contributed by atoms with E-state index in [0.717, 1.165) is 19.4 Å². The molecule has 0 aromatic carbocycles. The number of hydrogen-bond acceptors (Lipinski definition) is 2. The van der Waals surface area contributed by atoms with Crippen LogP contribution in [0.4, 0.5) is 0 Å². The van der Waals surface area contributed by atoms with Gasteiger partial charge < -0.3 is 0 Å². The molecule has 1 heterocycles. The van der Waals surface area contributed by atoms with Crippen LogP contribution in [0.25, 0.3) is 0 Å². The Morgan fingerprint density at radius 2 is 2.31 bits per heavy atom. The molecule has 0 radical (unpaired) electrons. The lowest BCUT2D eigenvalue weighted by molar-refractivity contribution is 0.162. The standard InChI is InChI=1S/C11H18N2/c1-10(2)13-9-5-3-4-6-11(13)7-8-12/h3-4,10-11H,5-7,9H2,1-2H3. The van der Waals surface area contributed by atoms with Crippen molar-refractivity contribution in [3.05, 3.63) is 12.2 Å². The molecule has 0 bridgehead atoms. The van der Waals surface area contributed by atoms with Gasteiger partial charge >= 0.3 is 0 Å². The smallest absolute Gasteiger partial charge is 0.0638 e. The molecule has 1 rings (SSSR count). The molecule has 2 nitrogen and oxygen atoms in total. The summed E-state index contributed by atoms with van der Waals surface area (Å²) in [5.41, 5.74) is 0. The lowest BCUT2D eigenvalue weighted by Crippen LogP contribution is -2.39. The first kappa shape index (κ1) is 10.3. The molecule has 2 heteroatoms. The molecule has 0 aliphatic carbocycles. The molecule has 13 heavy (non-hydrogen) atoms. The maximum Gasteiger partial charge on any atom is 0.0638 e. The van der Waals surface area contributed by atoms with Gasteiger partial charge in [-0.05, 0) is 26.7 Å². The SMILES string of the molecule is CC(C)N1CCC=CCC1CC#N. The zero-order valence-electron chi connectivity index (χ0n) is 8.53. The second-order valence-electron chi connectivity index (χ2n) is 3.84. The van der Waals surface area contributed by atoms with Crippen LogP contribution in [0.5, 0.6) is 0 Å². The Hall–Kier alpha value is -0.810. The molecule has 0 fully saturated rings. The Kier molecular flexibility index (Phi) is 3.98. The summed E-state index contributed by atoms with van der Waals surface area (Å²) in [6.07, 6.45) is 7.26. The average molecular weight is 178 g/mol. The zero-order chi connectivity index (χ0) is 9.68. The molecule has 0 saturated heterocycles. The summed E-state index contributed by atoms with van der Waals surface area (Å²) >= 11 is 0. The molecule has 1 aliphatic heterocycles. The van der Waals surface area contributed by atoms with E-state index in [0.29, 0.717) is 18.5 Å². The monoisotopic (exact) mass is 178 g/mol. The molecular formula is C11H18N2. The Morgan fingerprint density at radius 1 is 1.54 bits per heavy atom. The lowest BCUT2D eigenvalue weighted by atomic mass is 10.1. The number of rotatable bonds is 2. The van der Waals surface area contributed by atoms with E-state index < -0.39 is 0 Å². The zero-order valence-corrected chi connectivity index (χ0v) is 8.53. The third kappa shape index (κ3) is 2.86. The Labute approximate surface area is 80.8 Å². The topological polar surface area (TPSA) is 27.0 Å². The van der Waals surface area contributed by atoms with Gasteiger partial charge in [0.05, 0.1) is 12.5 Å². The molecular weight excluding hydrogens is 160 g/mol. The predicted molar refractivity (Wildman–Crippen MR) is 54.2 cm³/mol. The van der Waals surface area contributed by atoms with Crippen molar-refractivity contribution >= 4 is 0 Å². The summed E-state index contributed by atoms with van der Waals surface area (Å²) in [5.74, 6) is 0. The minimum absolute atomic E-state index is 0.434. The molecule has 0 spiro atoms. The maximum absolute atomic E-state index is 8.71. The van der Waals surface area contributed by atoms with E-state index in [-0.39, 0.29) is 0 Å². The Bertz CT molecular complexity index is 213. The van der Waals surface area contributed by atoms with E-state index in [2.05, 4.69) is 37.0 Å². The van der Waals surface area contributed by atoms with Gasteiger partial charge in [-0.1, -0.05) is 12.2 Å². The fourth-order valence-corrected chi connectivity index (χ4v) is 1.90. The molecule has 0 aromatic heterocycles. The van der Waals surface area contributed by atoms with Crippen LogP contribution in [0, 0.1) is 11.3 Å². The van der Waals surface area contributed by atoms with Crippen LogP contribution < -0.4 is 0 Å². The molecule has 1 unspecified atom stereocenters. The van der Waals surface area contributed by atoms with E-state index in [4.69, 9.17) is 5.26 Å². The van der Waals surface area contributed by atoms with Gasteiger partial charge in [0.2, 0.25) is 0 Å². The molecule has 0 amide bonds. The summed E-state index contributed by atoms with van der Waals surface area (Å²) in [4.78, 5) is 2.43. The average Bonchev–Trinajstić information content (AvgIpc) is 2.30. The van der Waals surface area contributed by atoms with Gasteiger partial charge in [0, 0.05) is 18.6 Å². The maximum atomic E-state index is 8.71. The van der Waals surface area contributed by atoms with Crippen molar-refractivity contribution in [2.75, 3.05) is 6.54 Å². The molecule has 0 aromatic rings. The summed E-state index contributed by atoms with van der Waals surface area (Å²) in [6, 6.07) is 3.26. The van der Waals surface area contributed by atoms with Crippen molar-refractivity contribution in [1.29, 1.82) is 5.26 Å². The summed E-state index contributed by atoms with van der Waals surface area (Å²) in [5, 5.41) is 8.71. The highest BCUT2D eigenvalue weighted by molar-refractivity contribution is 4.96. The van der Waals surface area contributed by atoms with Crippen LogP contribution in [0.2, 0.25) is 0 Å². The van der Waals surface area contributed by atoms with Crippen LogP contribution in [0.1, 0.15) is 33.1 Å². The normalized spacial score (nSPS) is 24.3. The van der Waals surface area contributed by atoms with E-state index >= 15 is 0 Å². The van der Waals surface area contributed by atoms with Crippen LogP contribution in [-0.4, -0.2) is 23.5 Å². The summed E-state index contributed by atoms with van der Waals surface area (Å²) in [7, 11) is 0. The molecule has 0 saturated carbocycles. The van der Waals surface area contributed by atoms with Crippen LogP contribution >= 0.6 is 0 Å². The third-order valence-electron chi connectivity index (χ3n) is 2.59. The summed E-state index contributed by atoms with van der Waals surface area (Å²) < 4.78 is 0. The van der Waals surface area contributed by atoms with Crippen molar-refractivity contribution in [2.45, 2.75) is 45.2 Å². The second-order valence-corrected chi connectivity index (χ2v) is 3.84. The van der Waals surface area contributed by atoms with Crippen LogP contribution in [0.15, 0.2) is 12.2 Å². The van der Waals surface area contributed by atoms with Gasteiger partial charge in [0.15, 0.2) is 0 Å². The predicted octanol–water partition coefficient (Wildman–Crippen LogP) is 2.33. The highest BCUT2D eigenvalue weighted by atomic mass is 15.2. The first-order valence-corrected chi connectivity index (χ1v) is 5.03.